The monoisotopic (exact) mass is 168 g/mol. The van der Waals surface area contributed by atoms with E-state index in [0.29, 0.717) is 6.04 Å². The van der Waals surface area contributed by atoms with E-state index >= 15 is 0 Å². The Bertz CT molecular complexity index is 145. The minimum absolute atomic E-state index is 0.690. The first-order valence-corrected chi connectivity index (χ1v) is 4.77. The van der Waals surface area contributed by atoms with E-state index in [2.05, 4.69) is 30.8 Å². The first-order valence-electron chi connectivity index (χ1n) is 4.77. The number of nitrogens with zero attached hydrogens (tertiary/aromatic N) is 1. The molecule has 1 N–H and O–H groups in total. The molecular formula is C10H20N2. The van der Waals surface area contributed by atoms with Crippen molar-refractivity contribution in [1.82, 2.24) is 10.2 Å². The molecule has 0 aromatic heterocycles. The molecule has 2 unspecified atom stereocenters. The molecule has 0 saturated carbocycles. The molecule has 1 heterocycles. The normalized spacial score (nSPS) is 29.6. The third kappa shape index (κ3) is 2.61. The second-order valence-corrected chi connectivity index (χ2v) is 3.84. The lowest BCUT2D eigenvalue weighted by atomic mass is 10.0. The van der Waals surface area contributed by atoms with Crippen molar-refractivity contribution in [3.05, 3.63) is 12.7 Å². The van der Waals surface area contributed by atoms with Gasteiger partial charge in [-0.05, 0) is 25.9 Å². The lowest BCUT2D eigenvalue weighted by molar-refractivity contribution is 0.301. The molecule has 0 aromatic carbocycles. The lowest BCUT2D eigenvalue weighted by Crippen LogP contribution is -2.38. The summed E-state index contributed by atoms with van der Waals surface area (Å²) in [6.45, 7) is 9.38. The summed E-state index contributed by atoms with van der Waals surface area (Å²) in [6, 6.07) is 0.690. The summed E-state index contributed by atoms with van der Waals surface area (Å²) in [4.78, 5) is 2.31. The Labute approximate surface area is 75.6 Å². The van der Waals surface area contributed by atoms with Gasteiger partial charge in [0, 0.05) is 19.1 Å². The van der Waals surface area contributed by atoms with Gasteiger partial charge in [0.1, 0.15) is 0 Å². The lowest BCUT2D eigenvalue weighted by Gasteiger charge is -2.22. The summed E-state index contributed by atoms with van der Waals surface area (Å²) in [5, 5.41) is 3.52. The number of nitrogens with one attached hydrogen (secondary N) is 1. The van der Waals surface area contributed by atoms with Gasteiger partial charge < -0.3 is 10.2 Å². The van der Waals surface area contributed by atoms with Crippen molar-refractivity contribution < 1.29 is 0 Å². The molecule has 0 spiro atoms. The number of likely N-dealkylation sites (N-methyl/N-ethyl adjacent to an activating group) is 1. The average Bonchev–Trinajstić information content (AvgIpc) is 2.37. The van der Waals surface area contributed by atoms with Crippen molar-refractivity contribution in [3.63, 3.8) is 0 Å². The van der Waals surface area contributed by atoms with Crippen LogP contribution in [-0.4, -0.2) is 37.6 Å². The fourth-order valence-corrected chi connectivity index (χ4v) is 1.77. The SMILES string of the molecule is C=CCN(C)CC1NCCC1C. The van der Waals surface area contributed by atoms with Crippen LogP contribution in [0.5, 0.6) is 0 Å². The molecule has 2 nitrogen and oxygen atoms in total. The fourth-order valence-electron chi connectivity index (χ4n) is 1.77. The molecule has 1 aliphatic heterocycles. The van der Waals surface area contributed by atoms with Crippen molar-refractivity contribution >= 4 is 0 Å². The van der Waals surface area contributed by atoms with Gasteiger partial charge in [-0.1, -0.05) is 13.0 Å². The molecule has 1 aliphatic rings. The summed E-state index contributed by atoms with van der Waals surface area (Å²) >= 11 is 0. The van der Waals surface area contributed by atoms with E-state index < -0.39 is 0 Å². The highest BCUT2D eigenvalue weighted by Crippen LogP contribution is 2.14. The van der Waals surface area contributed by atoms with Gasteiger partial charge in [0.2, 0.25) is 0 Å². The maximum absolute atomic E-state index is 3.73. The molecule has 2 atom stereocenters. The quantitative estimate of drug-likeness (QED) is 0.632. The van der Waals surface area contributed by atoms with Gasteiger partial charge in [0.25, 0.3) is 0 Å². The maximum Gasteiger partial charge on any atom is 0.0221 e. The van der Waals surface area contributed by atoms with Gasteiger partial charge in [-0.3, -0.25) is 0 Å². The van der Waals surface area contributed by atoms with Crippen molar-refractivity contribution in [1.29, 1.82) is 0 Å². The molecule has 1 rings (SSSR count). The molecule has 70 valence electrons. The summed E-state index contributed by atoms with van der Waals surface area (Å²) in [5.74, 6) is 0.831. The third-order valence-corrected chi connectivity index (χ3v) is 2.64. The highest BCUT2D eigenvalue weighted by atomic mass is 15.1. The summed E-state index contributed by atoms with van der Waals surface area (Å²) < 4.78 is 0. The second kappa shape index (κ2) is 4.63. The van der Waals surface area contributed by atoms with Crippen LogP contribution in [-0.2, 0) is 0 Å². The Morgan fingerprint density at radius 2 is 2.42 bits per heavy atom. The second-order valence-electron chi connectivity index (χ2n) is 3.84. The molecule has 1 saturated heterocycles. The van der Waals surface area contributed by atoms with Crippen LogP contribution in [0.3, 0.4) is 0 Å². The number of hydrogen-bond acceptors (Lipinski definition) is 2. The Hall–Kier alpha value is -0.340. The summed E-state index contributed by atoms with van der Waals surface area (Å²) in [5.41, 5.74) is 0. The topological polar surface area (TPSA) is 15.3 Å². The Morgan fingerprint density at radius 1 is 1.67 bits per heavy atom. The molecule has 0 aromatic rings. The van der Waals surface area contributed by atoms with E-state index in [1.807, 2.05) is 6.08 Å². The Morgan fingerprint density at radius 3 is 2.92 bits per heavy atom. The van der Waals surface area contributed by atoms with Crippen molar-refractivity contribution in [2.45, 2.75) is 19.4 Å². The van der Waals surface area contributed by atoms with Crippen LogP contribution in [0.25, 0.3) is 0 Å². The van der Waals surface area contributed by atoms with E-state index in [1.54, 1.807) is 0 Å². The zero-order valence-corrected chi connectivity index (χ0v) is 8.21. The summed E-state index contributed by atoms with van der Waals surface area (Å²) in [6.07, 6.45) is 3.28. The highest BCUT2D eigenvalue weighted by molar-refractivity contribution is 4.84. The van der Waals surface area contributed by atoms with Crippen molar-refractivity contribution in [2.24, 2.45) is 5.92 Å². The smallest absolute Gasteiger partial charge is 0.0221 e. The van der Waals surface area contributed by atoms with Crippen LogP contribution in [0.2, 0.25) is 0 Å². The van der Waals surface area contributed by atoms with Gasteiger partial charge in [-0.25, -0.2) is 0 Å². The first kappa shape index (κ1) is 9.75. The molecule has 0 aliphatic carbocycles. The van der Waals surface area contributed by atoms with Gasteiger partial charge in [0.15, 0.2) is 0 Å². The molecule has 1 fully saturated rings. The van der Waals surface area contributed by atoms with Crippen LogP contribution < -0.4 is 5.32 Å². The predicted molar refractivity (Wildman–Crippen MR) is 53.3 cm³/mol. The van der Waals surface area contributed by atoms with Gasteiger partial charge in [-0.2, -0.15) is 0 Å². The number of hydrogen-bond donors (Lipinski definition) is 1. The maximum atomic E-state index is 3.73. The first-order chi connectivity index (χ1) is 5.74. The predicted octanol–water partition coefficient (Wildman–Crippen LogP) is 1.10. The van der Waals surface area contributed by atoms with Crippen LogP contribution in [0.15, 0.2) is 12.7 Å². The molecule has 2 heteroatoms. The van der Waals surface area contributed by atoms with Crippen LogP contribution in [0, 0.1) is 5.92 Å². The highest BCUT2D eigenvalue weighted by Gasteiger charge is 2.22. The van der Waals surface area contributed by atoms with Crippen LogP contribution in [0.1, 0.15) is 13.3 Å². The van der Waals surface area contributed by atoms with Crippen molar-refractivity contribution in [2.75, 3.05) is 26.7 Å². The standard InChI is InChI=1S/C10H20N2/c1-4-7-12(3)8-10-9(2)5-6-11-10/h4,9-11H,1,5-8H2,2-3H3. The zero-order chi connectivity index (χ0) is 8.97. The Kier molecular flexibility index (Phi) is 3.76. The number of rotatable bonds is 4. The van der Waals surface area contributed by atoms with Crippen molar-refractivity contribution in [3.8, 4) is 0 Å². The molecule has 12 heavy (non-hydrogen) atoms. The molecule has 0 bridgehead atoms. The van der Waals surface area contributed by atoms with Crippen LogP contribution >= 0.6 is 0 Å². The largest absolute Gasteiger partial charge is 0.312 e. The minimum atomic E-state index is 0.690. The summed E-state index contributed by atoms with van der Waals surface area (Å²) in [7, 11) is 2.15. The van der Waals surface area contributed by atoms with E-state index in [0.717, 1.165) is 19.0 Å². The zero-order valence-electron chi connectivity index (χ0n) is 8.21. The third-order valence-electron chi connectivity index (χ3n) is 2.64. The average molecular weight is 168 g/mol. The van der Waals surface area contributed by atoms with Crippen LogP contribution in [0.4, 0.5) is 0 Å². The fraction of sp³-hybridized carbons (Fsp3) is 0.800. The van der Waals surface area contributed by atoms with Gasteiger partial charge in [0.05, 0.1) is 0 Å². The van der Waals surface area contributed by atoms with E-state index in [9.17, 15) is 0 Å². The van der Waals surface area contributed by atoms with E-state index in [1.165, 1.54) is 13.0 Å². The Balaban J connectivity index is 2.24. The van der Waals surface area contributed by atoms with E-state index in [-0.39, 0.29) is 0 Å². The molecule has 0 radical (unpaired) electrons. The molecular weight excluding hydrogens is 148 g/mol. The van der Waals surface area contributed by atoms with Gasteiger partial charge >= 0.3 is 0 Å². The molecule has 0 amide bonds. The van der Waals surface area contributed by atoms with E-state index in [4.69, 9.17) is 0 Å². The minimum Gasteiger partial charge on any atom is -0.312 e. The van der Waals surface area contributed by atoms with Gasteiger partial charge in [-0.15, -0.1) is 6.58 Å².